The van der Waals surface area contributed by atoms with Crippen LogP contribution in [0.25, 0.3) is 5.69 Å². The monoisotopic (exact) mass is 286 g/mol. The van der Waals surface area contributed by atoms with Crippen molar-refractivity contribution in [3.63, 3.8) is 0 Å². The minimum Gasteiger partial charge on any atom is -0.335 e. The van der Waals surface area contributed by atoms with Crippen LogP contribution >= 0.6 is 0 Å². The Bertz CT molecular complexity index is 591. The standard InChI is InChI=1S/C14H18N6O/c21-14(17-11-3-1-2-4-11)16-9-12-10-20(19-18-12)13-5-7-15-8-6-13/h5-8,10-11H,1-4,9H2,(H2,16,17,21). The summed E-state index contributed by atoms with van der Waals surface area (Å²) in [4.78, 5) is 15.7. The van der Waals surface area contributed by atoms with Gasteiger partial charge in [0.05, 0.1) is 18.4 Å². The highest BCUT2D eigenvalue weighted by Crippen LogP contribution is 2.17. The first kappa shape index (κ1) is 13.5. The largest absolute Gasteiger partial charge is 0.335 e. The first-order valence-electron chi connectivity index (χ1n) is 7.17. The quantitative estimate of drug-likeness (QED) is 0.890. The zero-order chi connectivity index (χ0) is 14.5. The maximum Gasteiger partial charge on any atom is 0.315 e. The molecule has 7 nitrogen and oxygen atoms in total. The molecule has 2 aromatic rings. The van der Waals surface area contributed by atoms with E-state index in [1.165, 1.54) is 12.8 Å². The van der Waals surface area contributed by atoms with Crippen LogP contribution in [0.1, 0.15) is 31.4 Å². The third-order valence-corrected chi connectivity index (χ3v) is 3.59. The predicted molar refractivity (Wildman–Crippen MR) is 76.8 cm³/mol. The maximum absolute atomic E-state index is 11.8. The maximum atomic E-state index is 11.8. The highest BCUT2D eigenvalue weighted by molar-refractivity contribution is 5.74. The second-order valence-electron chi connectivity index (χ2n) is 5.17. The fraction of sp³-hybridized carbons (Fsp3) is 0.429. The van der Waals surface area contributed by atoms with Gasteiger partial charge in [0.25, 0.3) is 0 Å². The molecule has 0 saturated heterocycles. The number of nitrogens with zero attached hydrogens (tertiary/aromatic N) is 4. The van der Waals surface area contributed by atoms with Crippen LogP contribution in [-0.2, 0) is 6.54 Å². The third kappa shape index (κ3) is 3.56. The van der Waals surface area contributed by atoms with Crippen LogP contribution in [0.2, 0.25) is 0 Å². The molecule has 0 radical (unpaired) electrons. The highest BCUT2D eigenvalue weighted by Gasteiger charge is 2.16. The molecular weight excluding hydrogens is 268 g/mol. The van der Waals surface area contributed by atoms with Crippen LogP contribution < -0.4 is 10.6 Å². The number of carbonyl (C=O) groups excluding carboxylic acids is 1. The van der Waals surface area contributed by atoms with Crippen molar-refractivity contribution < 1.29 is 4.79 Å². The summed E-state index contributed by atoms with van der Waals surface area (Å²) in [5, 5.41) is 13.9. The van der Waals surface area contributed by atoms with E-state index < -0.39 is 0 Å². The fourth-order valence-corrected chi connectivity index (χ4v) is 2.48. The Hall–Kier alpha value is -2.44. The van der Waals surface area contributed by atoms with Gasteiger partial charge in [-0.3, -0.25) is 4.98 Å². The van der Waals surface area contributed by atoms with Crippen molar-refractivity contribution in [1.29, 1.82) is 0 Å². The molecule has 2 amide bonds. The van der Waals surface area contributed by atoms with Crippen LogP contribution in [0, 0.1) is 0 Å². The van der Waals surface area contributed by atoms with Crippen LogP contribution in [0.4, 0.5) is 4.79 Å². The highest BCUT2D eigenvalue weighted by atomic mass is 16.2. The van der Waals surface area contributed by atoms with Gasteiger partial charge in [-0.2, -0.15) is 0 Å². The van der Waals surface area contributed by atoms with Crippen molar-refractivity contribution in [2.75, 3.05) is 0 Å². The summed E-state index contributed by atoms with van der Waals surface area (Å²) in [5.41, 5.74) is 1.60. The molecule has 0 bridgehead atoms. The molecule has 1 aliphatic rings. The van der Waals surface area contributed by atoms with Gasteiger partial charge in [0.15, 0.2) is 0 Å². The van der Waals surface area contributed by atoms with E-state index >= 15 is 0 Å². The molecule has 0 unspecified atom stereocenters. The van der Waals surface area contributed by atoms with E-state index in [9.17, 15) is 4.79 Å². The molecule has 0 aromatic carbocycles. The Labute approximate surface area is 122 Å². The van der Waals surface area contributed by atoms with Crippen molar-refractivity contribution in [3.8, 4) is 5.69 Å². The summed E-state index contributed by atoms with van der Waals surface area (Å²) in [6, 6.07) is 3.87. The van der Waals surface area contributed by atoms with Crippen molar-refractivity contribution in [1.82, 2.24) is 30.6 Å². The van der Waals surface area contributed by atoms with Gasteiger partial charge < -0.3 is 10.6 Å². The fourth-order valence-electron chi connectivity index (χ4n) is 2.48. The predicted octanol–water partition coefficient (Wildman–Crippen LogP) is 1.40. The first-order valence-corrected chi connectivity index (χ1v) is 7.17. The third-order valence-electron chi connectivity index (χ3n) is 3.59. The number of hydrogen-bond donors (Lipinski definition) is 2. The number of aromatic nitrogens is 4. The van der Waals surface area contributed by atoms with Gasteiger partial charge >= 0.3 is 6.03 Å². The van der Waals surface area contributed by atoms with Crippen molar-refractivity contribution in [3.05, 3.63) is 36.4 Å². The number of pyridine rings is 1. The summed E-state index contributed by atoms with van der Waals surface area (Å²) in [6.07, 6.45) is 9.74. The summed E-state index contributed by atoms with van der Waals surface area (Å²) in [6.45, 7) is 0.365. The molecule has 1 saturated carbocycles. The molecular formula is C14H18N6O. The summed E-state index contributed by atoms with van der Waals surface area (Å²) < 4.78 is 1.66. The van der Waals surface area contributed by atoms with E-state index in [0.717, 1.165) is 18.5 Å². The first-order chi connectivity index (χ1) is 10.3. The zero-order valence-electron chi connectivity index (χ0n) is 11.7. The summed E-state index contributed by atoms with van der Waals surface area (Å²) in [7, 11) is 0. The lowest BCUT2D eigenvalue weighted by atomic mass is 10.2. The smallest absolute Gasteiger partial charge is 0.315 e. The topological polar surface area (TPSA) is 84.7 Å². The Kier molecular flexibility index (Phi) is 4.09. The molecule has 2 heterocycles. The summed E-state index contributed by atoms with van der Waals surface area (Å²) >= 11 is 0. The average Bonchev–Trinajstić information content (AvgIpc) is 3.17. The van der Waals surface area contributed by atoms with Crippen molar-refractivity contribution in [2.24, 2.45) is 0 Å². The van der Waals surface area contributed by atoms with Crippen LogP contribution in [-0.4, -0.2) is 32.1 Å². The van der Waals surface area contributed by atoms with E-state index in [-0.39, 0.29) is 6.03 Å². The Morgan fingerprint density at radius 3 is 2.81 bits per heavy atom. The van der Waals surface area contributed by atoms with Crippen molar-refractivity contribution in [2.45, 2.75) is 38.3 Å². The van der Waals surface area contributed by atoms with Gasteiger partial charge in [0.1, 0.15) is 5.69 Å². The minimum absolute atomic E-state index is 0.139. The average molecular weight is 286 g/mol. The molecule has 2 aromatic heterocycles. The number of hydrogen-bond acceptors (Lipinski definition) is 4. The molecule has 0 aliphatic heterocycles. The van der Waals surface area contributed by atoms with Crippen LogP contribution in [0.3, 0.4) is 0 Å². The van der Waals surface area contributed by atoms with Crippen LogP contribution in [0.15, 0.2) is 30.7 Å². The lowest BCUT2D eigenvalue weighted by Gasteiger charge is -2.11. The molecule has 0 atom stereocenters. The summed E-state index contributed by atoms with van der Waals surface area (Å²) in [5.74, 6) is 0. The molecule has 110 valence electrons. The normalized spacial score (nSPS) is 15.0. The van der Waals surface area contributed by atoms with Gasteiger partial charge in [-0.15, -0.1) is 5.10 Å². The van der Waals surface area contributed by atoms with E-state index in [1.54, 1.807) is 23.3 Å². The molecule has 3 rings (SSSR count). The number of amides is 2. The second kappa shape index (κ2) is 6.34. The minimum atomic E-state index is -0.139. The number of urea groups is 1. The van der Waals surface area contributed by atoms with E-state index in [2.05, 4.69) is 25.9 Å². The van der Waals surface area contributed by atoms with Crippen LogP contribution in [0.5, 0.6) is 0 Å². The lowest BCUT2D eigenvalue weighted by molar-refractivity contribution is 0.236. The van der Waals surface area contributed by atoms with E-state index in [4.69, 9.17) is 0 Å². The van der Waals surface area contributed by atoms with Gasteiger partial charge in [0, 0.05) is 18.4 Å². The zero-order valence-corrected chi connectivity index (χ0v) is 11.7. The lowest BCUT2D eigenvalue weighted by Crippen LogP contribution is -2.40. The number of carbonyl (C=O) groups is 1. The second-order valence-corrected chi connectivity index (χ2v) is 5.17. The Balaban J connectivity index is 1.51. The van der Waals surface area contributed by atoms with Gasteiger partial charge in [0.2, 0.25) is 0 Å². The Morgan fingerprint density at radius 2 is 2.05 bits per heavy atom. The van der Waals surface area contributed by atoms with Gasteiger partial charge in [-0.25, -0.2) is 9.48 Å². The SMILES string of the molecule is O=C(NCc1cn(-c2ccncc2)nn1)NC1CCCC1. The molecule has 1 aliphatic carbocycles. The number of nitrogens with one attached hydrogen (secondary N) is 2. The van der Waals surface area contributed by atoms with Gasteiger partial charge in [-0.05, 0) is 25.0 Å². The Morgan fingerprint density at radius 1 is 1.29 bits per heavy atom. The molecule has 2 N–H and O–H groups in total. The van der Waals surface area contributed by atoms with Gasteiger partial charge in [-0.1, -0.05) is 18.1 Å². The van der Waals surface area contributed by atoms with E-state index in [0.29, 0.717) is 18.3 Å². The van der Waals surface area contributed by atoms with Crippen molar-refractivity contribution >= 4 is 6.03 Å². The molecule has 1 fully saturated rings. The number of rotatable bonds is 4. The molecule has 0 spiro atoms. The molecule has 7 heteroatoms. The van der Waals surface area contributed by atoms with E-state index in [1.807, 2.05) is 12.1 Å². The molecule has 21 heavy (non-hydrogen) atoms.